The molecule has 0 radical (unpaired) electrons. The van der Waals surface area contributed by atoms with Crippen molar-refractivity contribution in [3.05, 3.63) is 28.8 Å². The quantitative estimate of drug-likeness (QED) is 0.771. The molecule has 0 aromatic heterocycles. The van der Waals surface area contributed by atoms with Crippen molar-refractivity contribution in [1.29, 1.82) is 0 Å². The lowest BCUT2D eigenvalue weighted by Crippen LogP contribution is -2.79. The van der Waals surface area contributed by atoms with E-state index in [1.807, 2.05) is 18.2 Å². The summed E-state index contributed by atoms with van der Waals surface area (Å²) in [6, 6.07) is 6.68. The normalized spacial score (nSPS) is 35.3. The summed E-state index contributed by atoms with van der Waals surface area (Å²) in [7, 11) is 2.16. The van der Waals surface area contributed by atoms with Crippen LogP contribution < -0.4 is 10.5 Å². The summed E-state index contributed by atoms with van der Waals surface area (Å²) < 4.78 is 6.11. The number of benzene rings is 1. The first kappa shape index (κ1) is 12.7. The fraction of sp³-hybridized carbons (Fsp3) is 0.467. The molecular formula is C15H16ClN5O. The van der Waals surface area contributed by atoms with Gasteiger partial charge in [0, 0.05) is 29.7 Å². The Bertz CT molecular complexity index is 733. The van der Waals surface area contributed by atoms with Crippen LogP contribution in [0.15, 0.2) is 28.2 Å². The monoisotopic (exact) mass is 317 g/mol. The second-order valence-electron chi connectivity index (χ2n) is 6.35. The third-order valence-corrected chi connectivity index (χ3v) is 5.38. The minimum atomic E-state index is -0.187. The Kier molecular flexibility index (Phi) is 2.40. The van der Waals surface area contributed by atoms with Gasteiger partial charge >= 0.3 is 0 Å². The Balaban J connectivity index is 1.50. The van der Waals surface area contributed by atoms with Gasteiger partial charge in [-0.1, -0.05) is 11.6 Å². The summed E-state index contributed by atoms with van der Waals surface area (Å²) in [5.41, 5.74) is 6.95. The van der Waals surface area contributed by atoms with Gasteiger partial charge in [0.25, 0.3) is 0 Å². The van der Waals surface area contributed by atoms with Gasteiger partial charge in [-0.3, -0.25) is 4.90 Å². The van der Waals surface area contributed by atoms with Crippen LogP contribution in [0.25, 0.3) is 0 Å². The van der Waals surface area contributed by atoms with Gasteiger partial charge < -0.3 is 15.4 Å². The highest BCUT2D eigenvalue weighted by Gasteiger charge is 2.54. The molecule has 4 unspecified atom stereocenters. The summed E-state index contributed by atoms with van der Waals surface area (Å²) in [5.74, 6) is 2.07. The van der Waals surface area contributed by atoms with Gasteiger partial charge in [0.05, 0.1) is 6.04 Å². The molecule has 2 saturated heterocycles. The molecule has 0 amide bonds. The van der Waals surface area contributed by atoms with E-state index in [9.17, 15) is 0 Å². The molecule has 1 aromatic rings. The molecule has 0 bridgehead atoms. The topological polar surface area (TPSA) is 66.5 Å². The third-order valence-electron chi connectivity index (χ3n) is 5.15. The maximum Gasteiger partial charge on any atom is 0.217 e. The van der Waals surface area contributed by atoms with E-state index < -0.39 is 0 Å². The van der Waals surface area contributed by atoms with Crippen LogP contribution in [0.5, 0.6) is 5.75 Å². The summed E-state index contributed by atoms with van der Waals surface area (Å²) >= 11 is 6.11. The van der Waals surface area contributed by atoms with Crippen LogP contribution in [0.3, 0.4) is 0 Å². The Labute approximate surface area is 133 Å². The van der Waals surface area contributed by atoms with Crippen molar-refractivity contribution in [2.45, 2.75) is 24.2 Å². The number of amidine groups is 1. The predicted octanol–water partition coefficient (Wildman–Crippen LogP) is 0.867. The number of likely N-dealkylation sites (tertiary alicyclic amines) is 2. The van der Waals surface area contributed by atoms with Crippen LogP contribution >= 0.6 is 11.6 Å². The number of hydrogen-bond acceptors (Lipinski definition) is 6. The first-order valence-electron chi connectivity index (χ1n) is 7.46. The number of hydrogen-bond donors (Lipinski definition) is 1. The zero-order valence-corrected chi connectivity index (χ0v) is 12.9. The summed E-state index contributed by atoms with van der Waals surface area (Å²) in [6.07, 6.45) is -0.187. The van der Waals surface area contributed by atoms with E-state index in [-0.39, 0.29) is 12.1 Å². The molecule has 22 heavy (non-hydrogen) atoms. The van der Waals surface area contributed by atoms with Crippen molar-refractivity contribution in [3.63, 3.8) is 0 Å². The number of nitrogens with two attached hydrogens (primary N) is 1. The molecule has 0 aliphatic carbocycles. The van der Waals surface area contributed by atoms with E-state index >= 15 is 0 Å². The predicted molar refractivity (Wildman–Crippen MR) is 84.6 cm³/mol. The van der Waals surface area contributed by atoms with E-state index in [1.165, 1.54) is 0 Å². The van der Waals surface area contributed by atoms with Gasteiger partial charge in [-0.15, -0.1) is 0 Å². The number of aliphatic imine (C=N–C) groups is 2. The second kappa shape index (κ2) is 4.14. The van der Waals surface area contributed by atoms with Gasteiger partial charge in [-0.25, -0.2) is 4.99 Å². The molecule has 4 aliphatic heterocycles. The maximum atomic E-state index is 6.11. The van der Waals surface area contributed by atoms with Crippen molar-refractivity contribution in [1.82, 2.24) is 9.80 Å². The van der Waals surface area contributed by atoms with Crippen molar-refractivity contribution < 1.29 is 4.74 Å². The average molecular weight is 318 g/mol. The minimum Gasteiger partial charge on any atom is -0.479 e. The lowest BCUT2D eigenvalue weighted by molar-refractivity contribution is -0.0746. The van der Waals surface area contributed by atoms with Crippen molar-refractivity contribution in [2.24, 2.45) is 15.7 Å². The number of halogens is 1. The largest absolute Gasteiger partial charge is 0.479 e. The van der Waals surface area contributed by atoms with Crippen LogP contribution in [0.4, 0.5) is 0 Å². The van der Waals surface area contributed by atoms with Gasteiger partial charge in [0.2, 0.25) is 5.96 Å². The zero-order valence-electron chi connectivity index (χ0n) is 12.1. The number of fused-ring (bicyclic) bond motifs is 4. The molecule has 4 heterocycles. The summed E-state index contributed by atoms with van der Waals surface area (Å²) in [4.78, 5) is 13.7. The second-order valence-corrected chi connectivity index (χ2v) is 6.79. The molecule has 4 aliphatic rings. The Morgan fingerprint density at radius 3 is 2.91 bits per heavy atom. The third kappa shape index (κ3) is 1.54. The van der Waals surface area contributed by atoms with Crippen LogP contribution in [0, 0.1) is 0 Å². The van der Waals surface area contributed by atoms with Crippen LogP contribution in [0.2, 0.25) is 5.02 Å². The highest BCUT2D eigenvalue weighted by Crippen LogP contribution is 2.44. The molecule has 1 aromatic carbocycles. The van der Waals surface area contributed by atoms with Crippen molar-refractivity contribution in [2.75, 3.05) is 20.1 Å². The molecule has 6 nitrogen and oxygen atoms in total. The Morgan fingerprint density at radius 1 is 1.32 bits per heavy atom. The fourth-order valence-electron chi connectivity index (χ4n) is 3.87. The van der Waals surface area contributed by atoms with Crippen LogP contribution in [0.1, 0.15) is 11.6 Å². The smallest absolute Gasteiger partial charge is 0.217 e. The SMILES string of the molecule is CN1CC2C1CN2C1=NC(N)=NC2c3cc(Cl)ccc3OC12. The molecule has 4 atom stereocenters. The highest BCUT2D eigenvalue weighted by molar-refractivity contribution is 6.30. The number of rotatable bonds is 0. The van der Waals surface area contributed by atoms with E-state index in [2.05, 4.69) is 26.8 Å². The number of ether oxygens (including phenoxy) is 1. The summed E-state index contributed by atoms with van der Waals surface area (Å²) in [5, 5.41) is 0.686. The molecule has 0 saturated carbocycles. The number of likely N-dealkylation sites (N-methyl/N-ethyl adjacent to an activating group) is 1. The van der Waals surface area contributed by atoms with E-state index in [0.717, 1.165) is 30.2 Å². The fourth-order valence-corrected chi connectivity index (χ4v) is 4.05. The summed E-state index contributed by atoms with van der Waals surface area (Å²) in [6.45, 7) is 2.05. The first-order valence-corrected chi connectivity index (χ1v) is 7.84. The van der Waals surface area contributed by atoms with Crippen LogP contribution in [-0.2, 0) is 0 Å². The Morgan fingerprint density at radius 2 is 2.18 bits per heavy atom. The maximum absolute atomic E-state index is 6.11. The zero-order chi connectivity index (χ0) is 15.0. The highest BCUT2D eigenvalue weighted by atomic mass is 35.5. The Hall–Kier alpha value is -1.79. The molecule has 2 N–H and O–H groups in total. The standard InChI is InChI=1S/C15H16ClN5O/c1-20-5-10-9(20)6-21(10)14-13-12(18-15(17)19-14)8-4-7(16)2-3-11(8)22-13/h2-4,9-10,12-13H,5-6H2,1H3,(H2,17,18). The van der Waals surface area contributed by atoms with E-state index in [4.69, 9.17) is 22.1 Å². The molecule has 114 valence electrons. The van der Waals surface area contributed by atoms with Crippen LogP contribution in [-0.4, -0.2) is 59.9 Å². The van der Waals surface area contributed by atoms with Gasteiger partial charge in [0.1, 0.15) is 11.8 Å². The lowest BCUT2D eigenvalue weighted by atomic mass is 9.85. The number of piperazine rings is 1. The van der Waals surface area contributed by atoms with Crippen molar-refractivity contribution >= 4 is 23.4 Å². The number of nitrogens with zero attached hydrogens (tertiary/aromatic N) is 4. The van der Waals surface area contributed by atoms with Gasteiger partial charge in [0.15, 0.2) is 11.9 Å². The lowest BCUT2D eigenvalue weighted by Gasteiger charge is -2.62. The number of guanidine groups is 1. The molecular weight excluding hydrogens is 302 g/mol. The minimum absolute atomic E-state index is 0.141. The first-order chi connectivity index (χ1) is 10.6. The average Bonchev–Trinajstić information content (AvgIpc) is 2.82. The van der Waals surface area contributed by atoms with Gasteiger partial charge in [-0.05, 0) is 25.2 Å². The molecule has 5 rings (SSSR count). The molecule has 2 fully saturated rings. The molecule has 0 spiro atoms. The van der Waals surface area contributed by atoms with Gasteiger partial charge in [-0.2, -0.15) is 4.99 Å². The molecule has 7 heteroatoms. The van der Waals surface area contributed by atoms with E-state index in [0.29, 0.717) is 23.1 Å². The van der Waals surface area contributed by atoms with Crippen molar-refractivity contribution in [3.8, 4) is 5.75 Å². The van der Waals surface area contributed by atoms with E-state index in [1.54, 1.807) is 0 Å².